The second kappa shape index (κ2) is 6.00. The van der Waals surface area contributed by atoms with Crippen molar-refractivity contribution in [2.24, 2.45) is 0 Å². The van der Waals surface area contributed by atoms with Gasteiger partial charge >= 0.3 is 0 Å². The number of ether oxygens (including phenoxy) is 1. The first-order chi connectivity index (χ1) is 10.1. The highest BCUT2D eigenvalue weighted by molar-refractivity contribution is 7.85. The van der Waals surface area contributed by atoms with Crippen LogP contribution in [0.5, 0.6) is 0 Å². The van der Waals surface area contributed by atoms with E-state index >= 15 is 0 Å². The van der Waals surface area contributed by atoms with E-state index in [4.69, 9.17) is 10.5 Å². The zero-order valence-corrected chi connectivity index (χ0v) is 12.9. The van der Waals surface area contributed by atoms with Crippen molar-refractivity contribution in [3.8, 4) is 0 Å². The van der Waals surface area contributed by atoms with Crippen LogP contribution in [0.15, 0.2) is 47.4 Å². The van der Waals surface area contributed by atoms with E-state index in [2.05, 4.69) is 12.1 Å². The Morgan fingerprint density at radius 3 is 2.90 bits per heavy atom. The molecule has 2 aromatic carbocycles. The van der Waals surface area contributed by atoms with E-state index in [1.54, 1.807) is 0 Å². The number of aryl methyl sites for hydroxylation is 1. The molecule has 0 amide bonds. The predicted octanol–water partition coefficient (Wildman–Crippen LogP) is 3.00. The maximum atomic E-state index is 12.6. The van der Waals surface area contributed by atoms with Crippen molar-refractivity contribution in [2.75, 3.05) is 18.1 Å². The first-order valence-corrected chi connectivity index (χ1v) is 8.41. The van der Waals surface area contributed by atoms with E-state index in [0.29, 0.717) is 22.9 Å². The minimum atomic E-state index is -1.16. The van der Waals surface area contributed by atoms with Crippen LogP contribution in [0.1, 0.15) is 22.8 Å². The molecular weight excluding hydrogens is 282 g/mol. The molecule has 0 aromatic heterocycles. The summed E-state index contributed by atoms with van der Waals surface area (Å²) in [4.78, 5) is 0.701. The summed E-state index contributed by atoms with van der Waals surface area (Å²) in [6, 6.07) is 13.9. The number of nitrogens with two attached hydrogens (primary N) is 1. The van der Waals surface area contributed by atoms with E-state index < -0.39 is 10.8 Å². The molecule has 3 nitrogen and oxygen atoms in total. The highest BCUT2D eigenvalue weighted by atomic mass is 32.2. The van der Waals surface area contributed by atoms with Crippen LogP contribution in [0.3, 0.4) is 0 Å². The highest BCUT2D eigenvalue weighted by Crippen LogP contribution is 2.29. The zero-order chi connectivity index (χ0) is 14.8. The second-order valence-corrected chi connectivity index (χ2v) is 6.83. The van der Waals surface area contributed by atoms with Crippen molar-refractivity contribution < 1.29 is 8.95 Å². The Labute approximate surface area is 127 Å². The fraction of sp³-hybridized carbons (Fsp3) is 0.294. The molecule has 0 fully saturated rings. The molecule has 110 valence electrons. The Hall–Kier alpha value is -1.65. The standard InChI is InChI=1S/C17H19NO2S/c1-12-6-7-17(15(18)10-12)21(19)11-16-14-5-3-2-4-13(14)8-9-20-16/h2-7,10,16H,8-9,11,18H2,1H3. The average Bonchev–Trinajstić information content (AvgIpc) is 2.47. The summed E-state index contributed by atoms with van der Waals surface area (Å²) < 4.78 is 18.4. The van der Waals surface area contributed by atoms with E-state index in [-0.39, 0.29) is 6.10 Å². The van der Waals surface area contributed by atoms with E-state index in [1.165, 1.54) is 5.56 Å². The molecule has 2 aromatic rings. The average molecular weight is 301 g/mol. The Morgan fingerprint density at radius 1 is 1.29 bits per heavy atom. The van der Waals surface area contributed by atoms with Crippen LogP contribution in [-0.4, -0.2) is 16.6 Å². The van der Waals surface area contributed by atoms with Crippen LogP contribution in [0.25, 0.3) is 0 Å². The molecule has 3 rings (SSSR count). The van der Waals surface area contributed by atoms with Crippen LogP contribution >= 0.6 is 0 Å². The van der Waals surface area contributed by atoms with Crippen LogP contribution < -0.4 is 5.73 Å². The quantitative estimate of drug-likeness (QED) is 0.887. The van der Waals surface area contributed by atoms with Gasteiger partial charge < -0.3 is 10.5 Å². The molecule has 0 bridgehead atoms. The third-order valence-corrected chi connectivity index (χ3v) is 5.27. The Kier molecular flexibility index (Phi) is 4.08. The van der Waals surface area contributed by atoms with E-state index in [9.17, 15) is 4.21 Å². The Bertz CT molecular complexity index is 684. The first kappa shape index (κ1) is 14.3. The van der Waals surface area contributed by atoms with Gasteiger partial charge in [0.1, 0.15) is 0 Å². The van der Waals surface area contributed by atoms with Crippen molar-refractivity contribution in [3.63, 3.8) is 0 Å². The lowest BCUT2D eigenvalue weighted by atomic mass is 9.99. The number of fused-ring (bicyclic) bond motifs is 1. The van der Waals surface area contributed by atoms with Gasteiger partial charge in [0.2, 0.25) is 0 Å². The molecular formula is C17H19NO2S. The normalized spacial score (nSPS) is 19.0. The number of hydrogen-bond acceptors (Lipinski definition) is 3. The van der Waals surface area contributed by atoms with Gasteiger partial charge in [0.05, 0.1) is 34.2 Å². The van der Waals surface area contributed by atoms with Gasteiger partial charge in [-0.05, 0) is 42.2 Å². The molecule has 0 aliphatic carbocycles. The molecule has 21 heavy (non-hydrogen) atoms. The van der Waals surface area contributed by atoms with Crippen molar-refractivity contribution in [1.29, 1.82) is 0 Å². The lowest BCUT2D eigenvalue weighted by molar-refractivity contribution is 0.0582. The molecule has 0 saturated heterocycles. The maximum absolute atomic E-state index is 12.6. The monoisotopic (exact) mass is 301 g/mol. The Morgan fingerprint density at radius 2 is 2.10 bits per heavy atom. The van der Waals surface area contributed by atoms with Gasteiger partial charge in [-0.25, -0.2) is 0 Å². The van der Waals surface area contributed by atoms with Crippen molar-refractivity contribution in [2.45, 2.75) is 24.3 Å². The highest BCUT2D eigenvalue weighted by Gasteiger charge is 2.23. The van der Waals surface area contributed by atoms with Crippen molar-refractivity contribution >= 4 is 16.5 Å². The van der Waals surface area contributed by atoms with Gasteiger partial charge in [-0.15, -0.1) is 0 Å². The topological polar surface area (TPSA) is 52.3 Å². The second-order valence-electron chi connectivity index (χ2n) is 5.36. The summed E-state index contributed by atoms with van der Waals surface area (Å²) in [7, 11) is -1.16. The number of hydrogen-bond donors (Lipinski definition) is 1. The Balaban J connectivity index is 1.83. The van der Waals surface area contributed by atoms with Gasteiger partial charge in [0.25, 0.3) is 0 Å². The molecule has 4 heteroatoms. The summed E-state index contributed by atoms with van der Waals surface area (Å²) in [6.45, 7) is 2.66. The molecule has 2 N–H and O–H groups in total. The molecule has 0 saturated carbocycles. The molecule has 1 aliphatic rings. The van der Waals surface area contributed by atoms with Gasteiger partial charge in [-0.1, -0.05) is 30.3 Å². The van der Waals surface area contributed by atoms with Gasteiger partial charge in [0.15, 0.2) is 0 Å². The largest absolute Gasteiger partial charge is 0.398 e. The van der Waals surface area contributed by atoms with Crippen LogP contribution in [0.2, 0.25) is 0 Å². The summed E-state index contributed by atoms with van der Waals surface area (Å²) in [5.41, 5.74) is 10.1. The zero-order valence-electron chi connectivity index (χ0n) is 12.0. The third-order valence-electron chi connectivity index (χ3n) is 3.81. The summed E-state index contributed by atoms with van der Waals surface area (Å²) in [6.07, 6.45) is 0.808. The third kappa shape index (κ3) is 3.01. The molecule has 2 atom stereocenters. The van der Waals surface area contributed by atoms with Crippen molar-refractivity contribution in [1.82, 2.24) is 0 Å². The minimum Gasteiger partial charge on any atom is -0.398 e. The van der Waals surface area contributed by atoms with Crippen LogP contribution in [0.4, 0.5) is 5.69 Å². The van der Waals surface area contributed by atoms with Gasteiger partial charge in [-0.3, -0.25) is 4.21 Å². The van der Waals surface area contributed by atoms with Gasteiger partial charge in [0, 0.05) is 5.69 Å². The molecule has 2 unspecified atom stereocenters. The number of anilines is 1. The lowest BCUT2D eigenvalue weighted by Gasteiger charge is -2.25. The van der Waals surface area contributed by atoms with Crippen LogP contribution in [-0.2, 0) is 22.0 Å². The molecule has 1 heterocycles. The fourth-order valence-electron chi connectivity index (χ4n) is 2.72. The maximum Gasteiger partial charge on any atom is 0.0946 e. The molecule has 0 spiro atoms. The van der Waals surface area contributed by atoms with Crippen molar-refractivity contribution in [3.05, 3.63) is 59.2 Å². The lowest BCUT2D eigenvalue weighted by Crippen LogP contribution is -2.21. The number of rotatable bonds is 3. The number of nitrogen functional groups attached to an aromatic ring is 1. The summed E-state index contributed by atoms with van der Waals surface area (Å²) in [5.74, 6) is 0.449. The first-order valence-electron chi connectivity index (χ1n) is 7.09. The smallest absolute Gasteiger partial charge is 0.0946 e. The van der Waals surface area contributed by atoms with Crippen LogP contribution in [0, 0.1) is 6.92 Å². The summed E-state index contributed by atoms with van der Waals surface area (Å²) in [5, 5.41) is 0. The fourth-order valence-corrected chi connectivity index (χ4v) is 3.99. The number of benzene rings is 2. The molecule has 0 radical (unpaired) electrons. The SMILES string of the molecule is Cc1ccc(S(=O)CC2OCCc3ccccc32)c(N)c1. The summed E-state index contributed by atoms with van der Waals surface area (Å²) >= 11 is 0. The predicted molar refractivity (Wildman–Crippen MR) is 85.7 cm³/mol. The van der Waals surface area contributed by atoms with E-state index in [1.807, 2.05) is 37.3 Å². The minimum absolute atomic E-state index is 0.114. The van der Waals surface area contributed by atoms with E-state index in [0.717, 1.165) is 17.5 Å². The van der Waals surface area contributed by atoms with Gasteiger partial charge in [-0.2, -0.15) is 0 Å². The molecule has 1 aliphatic heterocycles.